The topological polar surface area (TPSA) is 76.7 Å². The molecule has 0 saturated carbocycles. The molecule has 0 aliphatic rings. The molecule has 0 bridgehead atoms. The highest BCUT2D eigenvalue weighted by atomic mass is 79.9. The van der Waals surface area contributed by atoms with E-state index in [9.17, 15) is 9.59 Å². The van der Waals surface area contributed by atoms with Crippen molar-refractivity contribution in [3.8, 4) is 11.5 Å². The van der Waals surface area contributed by atoms with Gasteiger partial charge in [-0.25, -0.2) is 0 Å². The second-order valence-electron chi connectivity index (χ2n) is 5.47. The summed E-state index contributed by atoms with van der Waals surface area (Å²) in [6.45, 7) is 2.54. The van der Waals surface area contributed by atoms with Gasteiger partial charge in [-0.3, -0.25) is 20.4 Å². The van der Waals surface area contributed by atoms with E-state index in [1.807, 2.05) is 12.1 Å². The summed E-state index contributed by atoms with van der Waals surface area (Å²) in [5.74, 6) is 0.401. The summed E-state index contributed by atoms with van der Waals surface area (Å²) >= 11 is 3.32. The number of unbranched alkanes of at least 4 members (excludes halogenated alkanes) is 1. The van der Waals surface area contributed by atoms with Crippen LogP contribution in [0.2, 0.25) is 0 Å². The first-order valence-corrected chi connectivity index (χ1v) is 9.08. The Morgan fingerprint density at radius 1 is 0.923 bits per heavy atom. The van der Waals surface area contributed by atoms with E-state index < -0.39 is 11.8 Å². The Labute approximate surface area is 161 Å². The summed E-state index contributed by atoms with van der Waals surface area (Å²) in [4.78, 5) is 23.8. The smallest absolute Gasteiger partial charge is 0.276 e. The van der Waals surface area contributed by atoms with Gasteiger partial charge in [-0.1, -0.05) is 29.3 Å². The second kappa shape index (κ2) is 10.5. The maximum Gasteiger partial charge on any atom is 0.276 e. The normalized spacial score (nSPS) is 10.1. The second-order valence-corrected chi connectivity index (χ2v) is 6.39. The zero-order valence-electron chi connectivity index (χ0n) is 14.5. The molecule has 2 amide bonds. The van der Waals surface area contributed by atoms with E-state index in [0.29, 0.717) is 23.7 Å². The van der Waals surface area contributed by atoms with Crippen LogP contribution in [-0.4, -0.2) is 25.0 Å². The fraction of sp³-hybridized carbons (Fsp3) is 0.263. The van der Waals surface area contributed by atoms with Crippen LogP contribution in [0.15, 0.2) is 53.0 Å². The Morgan fingerprint density at radius 3 is 2.19 bits per heavy atom. The molecule has 2 aromatic carbocycles. The molecule has 26 heavy (non-hydrogen) atoms. The average Bonchev–Trinajstić information content (AvgIpc) is 2.66. The van der Waals surface area contributed by atoms with Crippen LogP contribution in [0.5, 0.6) is 11.5 Å². The average molecular weight is 421 g/mol. The van der Waals surface area contributed by atoms with Crippen molar-refractivity contribution in [2.75, 3.05) is 13.2 Å². The number of rotatable bonds is 8. The number of halogens is 1. The van der Waals surface area contributed by atoms with Gasteiger partial charge in [0.1, 0.15) is 11.5 Å². The van der Waals surface area contributed by atoms with Gasteiger partial charge in [0.05, 0.1) is 6.61 Å². The molecule has 0 saturated heterocycles. The molecular formula is C19H21BrN2O4. The van der Waals surface area contributed by atoms with Crippen molar-refractivity contribution >= 4 is 27.7 Å². The predicted octanol–water partition coefficient (Wildman–Crippen LogP) is 3.47. The molecule has 0 fully saturated rings. The van der Waals surface area contributed by atoms with Gasteiger partial charge in [0, 0.05) is 10.0 Å². The molecule has 0 atom stereocenters. The van der Waals surface area contributed by atoms with E-state index in [2.05, 4.69) is 33.7 Å². The number of ether oxygens (including phenoxy) is 2. The lowest BCUT2D eigenvalue weighted by Gasteiger charge is -2.09. The van der Waals surface area contributed by atoms with E-state index in [1.165, 1.54) is 0 Å². The highest BCUT2D eigenvalue weighted by Crippen LogP contribution is 2.16. The van der Waals surface area contributed by atoms with Crippen molar-refractivity contribution < 1.29 is 19.1 Å². The first-order valence-electron chi connectivity index (χ1n) is 8.29. The third-order valence-electron chi connectivity index (χ3n) is 3.38. The van der Waals surface area contributed by atoms with Crippen molar-refractivity contribution in [3.05, 3.63) is 58.6 Å². The number of hydrazine groups is 1. The summed E-state index contributed by atoms with van der Waals surface area (Å²) in [5, 5.41) is 0. The van der Waals surface area contributed by atoms with E-state index in [-0.39, 0.29) is 6.61 Å². The molecule has 0 heterocycles. The van der Waals surface area contributed by atoms with Gasteiger partial charge < -0.3 is 9.47 Å². The zero-order valence-corrected chi connectivity index (χ0v) is 16.0. The Morgan fingerprint density at radius 2 is 1.54 bits per heavy atom. The molecule has 0 aromatic heterocycles. The lowest BCUT2D eigenvalue weighted by Crippen LogP contribution is -2.43. The first-order chi connectivity index (χ1) is 12.6. The Bertz CT molecular complexity index is 717. The fourth-order valence-electron chi connectivity index (χ4n) is 1.95. The maximum atomic E-state index is 12.0. The van der Waals surface area contributed by atoms with Crippen LogP contribution >= 0.6 is 15.9 Å². The third kappa shape index (κ3) is 6.76. The minimum Gasteiger partial charge on any atom is -0.494 e. The number of hydrogen-bond acceptors (Lipinski definition) is 4. The van der Waals surface area contributed by atoms with Crippen LogP contribution < -0.4 is 20.3 Å². The van der Waals surface area contributed by atoms with Crippen LogP contribution in [0.3, 0.4) is 0 Å². The molecule has 0 spiro atoms. The first kappa shape index (κ1) is 19.8. The Hall–Kier alpha value is -2.54. The minimum absolute atomic E-state index is 0.202. The Kier molecular flexibility index (Phi) is 7.95. The number of carbonyl (C=O) groups excluding carboxylic acids is 2. The molecule has 0 aliphatic carbocycles. The molecule has 0 aliphatic heterocycles. The van der Waals surface area contributed by atoms with Crippen molar-refractivity contribution in [2.45, 2.75) is 19.8 Å². The van der Waals surface area contributed by atoms with E-state index in [0.717, 1.165) is 17.3 Å². The highest BCUT2D eigenvalue weighted by molar-refractivity contribution is 9.10. The molecule has 2 rings (SSSR count). The molecule has 2 N–H and O–H groups in total. The molecule has 7 heteroatoms. The molecule has 6 nitrogen and oxygen atoms in total. The summed E-state index contributed by atoms with van der Waals surface area (Å²) < 4.78 is 11.8. The van der Waals surface area contributed by atoms with Gasteiger partial charge in [0.25, 0.3) is 11.8 Å². The fourth-order valence-corrected chi connectivity index (χ4v) is 2.22. The highest BCUT2D eigenvalue weighted by Gasteiger charge is 2.08. The summed E-state index contributed by atoms with van der Waals surface area (Å²) in [6.07, 6.45) is 2.04. The summed E-state index contributed by atoms with van der Waals surface area (Å²) in [6, 6.07) is 13.8. The third-order valence-corrected chi connectivity index (χ3v) is 3.91. The number of amides is 2. The van der Waals surface area contributed by atoms with Crippen molar-refractivity contribution in [1.82, 2.24) is 10.9 Å². The quantitative estimate of drug-likeness (QED) is 0.506. The van der Waals surface area contributed by atoms with Gasteiger partial charge in [0.15, 0.2) is 6.61 Å². The van der Waals surface area contributed by atoms with Crippen LogP contribution in [0.1, 0.15) is 30.1 Å². The number of nitrogens with one attached hydrogen (secondary N) is 2. The summed E-state index contributed by atoms with van der Waals surface area (Å²) in [7, 11) is 0. The SMILES string of the molecule is CCCCOc1ccc(C(=O)NNC(=O)COc2ccc(Br)cc2)cc1. The maximum absolute atomic E-state index is 12.0. The van der Waals surface area contributed by atoms with Gasteiger partial charge in [-0.05, 0) is 55.0 Å². The van der Waals surface area contributed by atoms with E-state index in [4.69, 9.17) is 9.47 Å². The molecule has 138 valence electrons. The number of carbonyl (C=O) groups is 2. The van der Waals surface area contributed by atoms with Gasteiger partial charge in [0.2, 0.25) is 0 Å². The predicted molar refractivity (Wildman–Crippen MR) is 102 cm³/mol. The molecule has 0 radical (unpaired) electrons. The van der Waals surface area contributed by atoms with Gasteiger partial charge >= 0.3 is 0 Å². The molecule has 2 aromatic rings. The number of benzene rings is 2. The molecular weight excluding hydrogens is 400 g/mol. The van der Waals surface area contributed by atoms with Crippen LogP contribution in [-0.2, 0) is 4.79 Å². The van der Waals surface area contributed by atoms with Crippen LogP contribution in [0, 0.1) is 0 Å². The zero-order chi connectivity index (χ0) is 18.8. The van der Waals surface area contributed by atoms with Crippen LogP contribution in [0.4, 0.5) is 0 Å². The van der Waals surface area contributed by atoms with Crippen molar-refractivity contribution in [3.63, 3.8) is 0 Å². The lowest BCUT2D eigenvalue weighted by molar-refractivity contribution is -0.123. The largest absolute Gasteiger partial charge is 0.494 e. The summed E-state index contributed by atoms with van der Waals surface area (Å²) in [5.41, 5.74) is 5.08. The van der Waals surface area contributed by atoms with Crippen molar-refractivity contribution in [2.24, 2.45) is 0 Å². The Balaban J connectivity index is 1.73. The minimum atomic E-state index is -0.458. The standard InChI is InChI=1S/C19H21BrN2O4/c1-2-3-12-25-16-8-4-14(5-9-16)19(24)22-21-18(23)13-26-17-10-6-15(20)7-11-17/h4-11H,2-3,12-13H2,1H3,(H,21,23)(H,22,24). The van der Waals surface area contributed by atoms with Crippen LogP contribution in [0.25, 0.3) is 0 Å². The van der Waals surface area contributed by atoms with Gasteiger partial charge in [-0.2, -0.15) is 0 Å². The lowest BCUT2D eigenvalue weighted by atomic mass is 10.2. The van der Waals surface area contributed by atoms with Crippen molar-refractivity contribution in [1.29, 1.82) is 0 Å². The monoisotopic (exact) mass is 420 g/mol. The van der Waals surface area contributed by atoms with E-state index >= 15 is 0 Å². The van der Waals surface area contributed by atoms with E-state index in [1.54, 1.807) is 36.4 Å². The van der Waals surface area contributed by atoms with Gasteiger partial charge in [-0.15, -0.1) is 0 Å². The number of hydrogen-bond donors (Lipinski definition) is 2. The molecule has 0 unspecified atom stereocenters.